The van der Waals surface area contributed by atoms with Gasteiger partial charge in [0, 0.05) is 27.9 Å². The zero-order valence-electron chi connectivity index (χ0n) is 38.5. The summed E-state index contributed by atoms with van der Waals surface area (Å²) < 4.78 is 0. The largest absolute Gasteiger partial charge is 0.310 e. The molecule has 324 valence electrons. The molecule has 3 fully saturated rings. The van der Waals surface area contributed by atoms with Gasteiger partial charge in [0.05, 0.1) is 0 Å². The first-order valence-corrected chi connectivity index (χ1v) is 25.1. The molecule has 0 N–H and O–H groups in total. The van der Waals surface area contributed by atoms with E-state index in [-0.39, 0.29) is 10.8 Å². The third-order valence-electron chi connectivity index (χ3n) is 17.4. The lowest BCUT2D eigenvalue weighted by molar-refractivity contribution is 0.0426. The standard InChI is InChI=1S/C65H59N/c1-43-36-45-38-44(2)65(52(37-43)39-45)62-21-10-8-19-57(62)59-41-50(27-33-63(59)65)48-24-30-54(31-25-48)66(53-28-22-47(23-29-53)46-14-5-3-6-15-46)55-17-13-16-49(40-55)51-26-32-61-58(42-51)56-18-7-9-20-60(56)64(61)34-11-4-12-35-64/h3,5-10,13-33,40-45,52H,4,11-12,34-39H2,1-2H3/t43-,44+,45?,52-,65-/m1/s1. The summed E-state index contributed by atoms with van der Waals surface area (Å²) in [6.45, 7) is 5.08. The van der Waals surface area contributed by atoms with Crippen molar-refractivity contribution in [3.05, 3.63) is 210 Å². The maximum atomic E-state index is 2.57. The van der Waals surface area contributed by atoms with Gasteiger partial charge in [0.15, 0.2) is 0 Å². The molecule has 8 aromatic carbocycles. The molecule has 0 amide bonds. The third kappa shape index (κ3) is 6.11. The summed E-state index contributed by atoms with van der Waals surface area (Å²) in [6.07, 6.45) is 11.9. The zero-order valence-corrected chi connectivity index (χ0v) is 38.5. The van der Waals surface area contributed by atoms with Crippen LogP contribution in [0.15, 0.2) is 188 Å². The molecule has 0 heterocycles. The van der Waals surface area contributed by atoms with E-state index in [1.807, 2.05) is 0 Å². The molecule has 0 saturated heterocycles. The fraction of sp³-hybridized carbons (Fsp3) is 0.262. The van der Waals surface area contributed by atoms with Crippen molar-refractivity contribution in [1.82, 2.24) is 0 Å². The van der Waals surface area contributed by atoms with Crippen LogP contribution in [0.1, 0.15) is 93.9 Å². The van der Waals surface area contributed by atoms with Gasteiger partial charge in [0.25, 0.3) is 0 Å². The quantitative estimate of drug-likeness (QED) is 0.161. The molecule has 5 aliphatic carbocycles. The van der Waals surface area contributed by atoms with Crippen LogP contribution in [0.5, 0.6) is 0 Å². The molecule has 5 aliphatic rings. The van der Waals surface area contributed by atoms with E-state index < -0.39 is 0 Å². The zero-order chi connectivity index (χ0) is 44.0. The Labute approximate surface area is 392 Å². The molecular formula is C65H59N. The minimum Gasteiger partial charge on any atom is -0.310 e. The topological polar surface area (TPSA) is 3.24 Å². The Kier molecular flexibility index (Phi) is 9.42. The van der Waals surface area contributed by atoms with Gasteiger partial charge in [-0.05, 0) is 189 Å². The van der Waals surface area contributed by atoms with Gasteiger partial charge in [-0.1, -0.05) is 173 Å². The summed E-state index contributed by atoms with van der Waals surface area (Å²) in [7, 11) is 0. The average Bonchev–Trinajstić information content (AvgIpc) is 3.81. The lowest BCUT2D eigenvalue weighted by Crippen LogP contribution is -2.49. The fourth-order valence-corrected chi connectivity index (χ4v) is 14.7. The van der Waals surface area contributed by atoms with E-state index in [9.17, 15) is 0 Å². The van der Waals surface area contributed by atoms with Crippen molar-refractivity contribution in [3.63, 3.8) is 0 Å². The Morgan fingerprint density at radius 3 is 1.62 bits per heavy atom. The van der Waals surface area contributed by atoms with Crippen molar-refractivity contribution >= 4 is 17.1 Å². The van der Waals surface area contributed by atoms with Crippen LogP contribution in [0, 0.1) is 23.7 Å². The van der Waals surface area contributed by atoms with E-state index in [1.165, 1.54) is 119 Å². The number of fused-ring (bicyclic) bond motifs is 13. The summed E-state index contributed by atoms with van der Waals surface area (Å²) in [5.41, 5.74) is 23.3. The second-order valence-corrected chi connectivity index (χ2v) is 21.0. The lowest BCUT2D eigenvalue weighted by Gasteiger charge is -2.54. The van der Waals surface area contributed by atoms with Crippen molar-refractivity contribution in [1.29, 1.82) is 0 Å². The Hall–Kier alpha value is -6.44. The van der Waals surface area contributed by atoms with Crippen LogP contribution in [0.4, 0.5) is 17.1 Å². The molecule has 0 aromatic heterocycles. The Bertz CT molecular complexity index is 3110. The first kappa shape index (κ1) is 39.9. The lowest BCUT2D eigenvalue weighted by atomic mass is 9.49. The van der Waals surface area contributed by atoms with E-state index in [1.54, 1.807) is 16.7 Å². The van der Waals surface area contributed by atoms with Gasteiger partial charge in [0.1, 0.15) is 0 Å². The SMILES string of the molecule is C[C@@H]1CC2C[C@@H](C1)[C@@]1(c3ccccc3-c3cc(-c4ccc(N(c5ccc(-c6ccccc6)cc5)c5cccc(-c6ccc7c(c6)-c6ccccc6C76CCCCC6)c5)cc4)ccc31)[C@@H](C)C2. The predicted molar refractivity (Wildman–Crippen MR) is 277 cm³/mol. The number of benzene rings is 8. The Morgan fingerprint density at radius 2 is 0.894 bits per heavy atom. The maximum Gasteiger partial charge on any atom is 0.0467 e. The molecule has 1 heteroatoms. The average molecular weight is 854 g/mol. The molecule has 66 heavy (non-hydrogen) atoms. The molecule has 2 spiro atoms. The highest BCUT2D eigenvalue weighted by Gasteiger charge is 2.56. The minimum atomic E-state index is 0.117. The number of hydrogen-bond acceptors (Lipinski definition) is 1. The summed E-state index contributed by atoms with van der Waals surface area (Å²) in [5.74, 6) is 3.03. The fourth-order valence-electron chi connectivity index (χ4n) is 14.7. The predicted octanol–water partition coefficient (Wildman–Crippen LogP) is 17.7. The second-order valence-electron chi connectivity index (χ2n) is 21.0. The molecule has 5 atom stereocenters. The summed E-state index contributed by atoms with van der Waals surface area (Å²) in [4.78, 5) is 2.44. The van der Waals surface area contributed by atoms with Crippen molar-refractivity contribution < 1.29 is 0 Å². The van der Waals surface area contributed by atoms with E-state index in [0.717, 1.165) is 28.9 Å². The third-order valence-corrected chi connectivity index (χ3v) is 17.4. The Morgan fingerprint density at radius 1 is 0.379 bits per heavy atom. The first-order valence-electron chi connectivity index (χ1n) is 25.1. The summed E-state index contributed by atoms with van der Waals surface area (Å²) in [5, 5.41) is 0. The molecule has 13 rings (SSSR count). The highest BCUT2D eigenvalue weighted by molar-refractivity contribution is 5.88. The normalized spacial score (nSPS) is 22.9. The molecule has 8 aromatic rings. The van der Waals surface area contributed by atoms with Crippen LogP contribution in [0.3, 0.4) is 0 Å². The van der Waals surface area contributed by atoms with Crippen molar-refractivity contribution in [2.24, 2.45) is 23.7 Å². The number of nitrogens with zero attached hydrogens (tertiary/aromatic N) is 1. The first-order chi connectivity index (χ1) is 32.5. The van der Waals surface area contributed by atoms with Crippen LogP contribution in [0.25, 0.3) is 55.6 Å². The molecule has 0 radical (unpaired) electrons. The van der Waals surface area contributed by atoms with E-state index in [2.05, 4.69) is 207 Å². The van der Waals surface area contributed by atoms with Crippen molar-refractivity contribution in [2.45, 2.75) is 82.5 Å². The minimum absolute atomic E-state index is 0.117. The molecular weight excluding hydrogens is 795 g/mol. The van der Waals surface area contributed by atoms with Gasteiger partial charge >= 0.3 is 0 Å². The molecule has 2 bridgehead atoms. The molecule has 1 nitrogen and oxygen atoms in total. The van der Waals surface area contributed by atoms with Gasteiger partial charge in [0.2, 0.25) is 0 Å². The smallest absolute Gasteiger partial charge is 0.0467 e. The van der Waals surface area contributed by atoms with Gasteiger partial charge in [-0.25, -0.2) is 0 Å². The van der Waals surface area contributed by atoms with Crippen LogP contribution in [-0.4, -0.2) is 0 Å². The van der Waals surface area contributed by atoms with E-state index >= 15 is 0 Å². The Balaban J connectivity index is 0.879. The van der Waals surface area contributed by atoms with Crippen LogP contribution >= 0.6 is 0 Å². The maximum absolute atomic E-state index is 2.57. The second kappa shape index (κ2) is 15.6. The summed E-state index contributed by atoms with van der Waals surface area (Å²) in [6, 6.07) is 71.9. The van der Waals surface area contributed by atoms with E-state index in [4.69, 9.17) is 0 Å². The van der Waals surface area contributed by atoms with E-state index in [0.29, 0.717) is 11.8 Å². The van der Waals surface area contributed by atoms with Crippen LogP contribution in [-0.2, 0) is 10.8 Å². The van der Waals surface area contributed by atoms with Gasteiger partial charge in [-0.15, -0.1) is 0 Å². The monoisotopic (exact) mass is 853 g/mol. The molecule has 0 aliphatic heterocycles. The van der Waals surface area contributed by atoms with Gasteiger partial charge < -0.3 is 4.90 Å². The van der Waals surface area contributed by atoms with Gasteiger partial charge in [-0.3, -0.25) is 0 Å². The highest BCUT2D eigenvalue weighted by Crippen LogP contribution is 2.65. The van der Waals surface area contributed by atoms with Crippen molar-refractivity contribution in [3.8, 4) is 55.6 Å². The van der Waals surface area contributed by atoms with Crippen molar-refractivity contribution in [2.75, 3.05) is 4.90 Å². The van der Waals surface area contributed by atoms with Crippen LogP contribution < -0.4 is 4.90 Å². The van der Waals surface area contributed by atoms with Crippen LogP contribution in [0.2, 0.25) is 0 Å². The van der Waals surface area contributed by atoms with Gasteiger partial charge in [-0.2, -0.15) is 0 Å². The number of rotatable bonds is 6. The number of anilines is 3. The molecule has 3 saturated carbocycles. The number of hydrogen-bond donors (Lipinski definition) is 0. The summed E-state index contributed by atoms with van der Waals surface area (Å²) >= 11 is 0. The highest BCUT2D eigenvalue weighted by atomic mass is 15.1. The molecule has 1 unspecified atom stereocenters.